The summed E-state index contributed by atoms with van der Waals surface area (Å²) in [6.07, 6.45) is 1.75. The molecule has 0 aliphatic rings. The van der Waals surface area contributed by atoms with Crippen molar-refractivity contribution in [2.24, 2.45) is 0 Å². The van der Waals surface area contributed by atoms with Gasteiger partial charge in [0.05, 0.1) is 11.4 Å². The molecule has 74 valence electrons. The number of nitrogens with one attached hydrogen (secondary N) is 2. The maximum absolute atomic E-state index is 3.93. The van der Waals surface area contributed by atoms with E-state index in [-0.39, 0.29) is 0 Å². The van der Waals surface area contributed by atoms with Gasteiger partial charge in [-0.15, -0.1) is 0 Å². The van der Waals surface area contributed by atoms with Crippen LogP contribution in [-0.2, 0) is 0 Å². The van der Waals surface area contributed by atoms with Crippen molar-refractivity contribution >= 4 is 26.8 Å². The van der Waals surface area contributed by atoms with E-state index >= 15 is 0 Å². The van der Waals surface area contributed by atoms with Crippen molar-refractivity contribution in [3.8, 4) is 11.4 Å². The molecule has 3 rings (SSSR count). The second-order valence-corrected chi connectivity index (χ2v) is 4.30. The Bertz CT molecular complexity index is 595. The van der Waals surface area contributed by atoms with Gasteiger partial charge in [-0.3, -0.25) is 5.10 Å². The second kappa shape index (κ2) is 3.24. The van der Waals surface area contributed by atoms with Gasteiger partial charge in [-0.25, -0.2) is 0 Å². The maximum atomic E-state index is 3.93. The molecule has 3 nitrogen and oxygen atoms in total. The minimum Gasteiger partial charge on any atom is -0.353 e. The van der Waals surface area contributed by atoms with Gasteiger partial charge in [0.2, 0.25) is 0 Å². The third kappa shape index (κ3) is 1.47. The lowest BCUT2D eigenvalue weighted by Crippen LogP contribution is -1.76. The van der Waals surface area contributed by atoms with Crippen molar-refractivity contribution < 1.29 is 0 Å². The van der Waals surface area contributed by atoms with E-state index in [0.717, 1.165) is 21.4 Å². The number of halogens is 1. The van der Waals surface area contributed by atoms with Crippen molar-refractivity contribution in [1.29, 1.82) is 0 Å². The zero-order valence-electron chi connectivity index (χ0n) is 7.79. The minimum atomic E-state index is 1.00. The van der Waals surface area contributed by atoms with Gasteiger partial charge in [0, 0.05) is 21.6 Å². The SMILES string of the molecule is Brc1ccc2cc(-c3ccn[nH]3)[nH]c2c1. The van der Waals surface area contributed by atoms with Gasteiger partial charge < -0.3 is 4.98 Å². The molecule has 2 N–H and O–H groups in total. The second-order valence-electron chi connectivity index (χ2n) is 3.38. The number of hydrogen-bond donors (Lipinski definition) is 2. The first kappa shape index (κ1) is 8.73. The fraction of sp³-hybridized carbons (Fsp3) is 0. The van der Waals surface area contributed by atoms with Crippen LogP contribution < -0.4 is 0 Å². The average Bonchev–Trinajstić information content (AvgIpc) is 2.84. The van der Waals surface area contributed by atoms with E-state index in [1.807, 2.05) is 12.1 Å². The Hall–Kier alpha value is -1.55. The van der Waals surface area contributed by atoms with Crippen molar-refractivity contribution in [2.75, 3.05) is 0 Å². The fourth-order valence-electron chi connectivity index (χ4n) is 1.65. The highest BCUT2D eigenvalue weighted by atomic mass is 79.9. The molecular weight excluding hydrogens is 254 g/mol. The predicted molar refractivity (Wildman–Crippen MR) is 63.6 cm³/mol. The van der Waals surface area contributed by atoms with Gasteiger partial charge in [0.1, 0.15) is 0 Å². The molecule has 0 amide bonds. The molecule has 0 unspecified atom stereocenters. The first-order valence-electron chi connectivity index (χ1n) is 4.61. The fourth-order valence-corrected chi connectivity index (χ4v) is 2.01. The Morgan fingerprint density at radius 3 is 2.80 bits per heavy atom. The number of hydrogen-bond acceptors (Lipinski definition) is 1. The number of H-pyrrole nitrogens is 2. The van der Waals surface area contributed by atoms with E-state index in [2.05, 4.69) is 49.3 Å². The highest BCUT2D eigenvalue weighted by molar-refractivity contribution is 9.10. The monoisotopic (exact) mass is 261 g/mol. The Balaban J connectivity index is 2.22. The van der Waals surface area contributed by atoms with E-state index < -0.39 is 0 Å². The first-order chi connectivity index (χ1) is 7.33. The Morgan fingerprint density at radius 1 is 1.07 bits per heavy atom. The van der Waals surface area contributed by atoms with Crippen LogP contribution in [0, 0.1) is 0 Å². The molecule has 0 saturated heterocycles. The van der Waals surface area contributed by atoms with Gasteiger partial charge in [0.15, 0.2) is 0 Å². The summed E-state index contributed by atoms with van der Waals surface area (Å²) >= 11 is 3.45. The molecule has 0 radical (unpaired) electrons. The van der Waals surface area contributed by atoms with Gasteiger partial charge in [0.25, 0.3) is 0 Å². The molecule has 0 spiro atoms. The standard InChI is InChI=1S/C11H8BrN3/c12-8-2-1-7-5-11(14-10(7)6-8)9-3-4-13-15-9/h1-6,14H,(H,13,15). The van der Waals surface area contributed by atoms with Crippen LogP contribution >= 0.6 is 15.9 Å². The summed E-state index contributed by atoms with van der Waals surface area (Å²) in [4.78, 5) is 3.34. The summed E-state index contributed by atoms with van der Waals surface area (Å²) in [6, 6.07) is 10.2. The lowest BCUT2D eigenvalue weighted by atomic mass is 10.2. The van der Waals surface area contributed by atoms with Crippen molar-refractivity contribution in [3.05, 3.63) is 41.0 Å². The summed E-state index contributed by atoms with van der Waals surface area (Å²) in [5.74, 6) is 0. The largest absolute Gasteiger partial charge is 0.353 e. The number of aromatic nitrogens is 3. The third-order valence-electron chi connectivity index (χ3n) is 2.38. The zero-order chi connectivity index (χ0) is 10.3. The number of aromatic amines is 2. The molecule has 0 atom stereocenters. The van der Waals surface area contributed by atoms with Crippen LogP contribution in [-0.4, -0.2) is 15.2 Å². The predicted octanol–water partition coefficient (Wildman–Crippen LogP) is 3.32. The van der Waals surface area contributed by atoms with Crippen LogP contribution in [0.25, 0.3) is 22.3 Å². The van der Waals surface area contributed by atoms with E-state index in [1.165, 1.54) is 5.39 Å². The normalized spacial score (nSPS) is 11.0. The number of benzene rings is 1. The molecule has 0 saturated carbocycles. The summed E-state index contributed by atoms with van der Waals surface area (Å²) < 4.78 is 1.08. The van der Waals surface area contributed by atoms with E-state index in [1.54, 1.807) is 6.20 Å². The van der Waals surface area contributed by atoms with Crippen LogP contribution in [0.1, 0.15) is 0 Å². The lowest BCUT2D eigenvalue weighted by Gasteiger charge is -1.90. The maximum Gasteiger partial charge on any atom is 0.0812 e. The van der Waals surface area contributed by atoms with E-state index in [0.29, 0.717) is 0 Å². The summed E-state index contributed by atoms with van der Waals surface area (Å²) in [6.45, 7) is 0. The van der Waals surface area contributed by atoms with Crippen molar-refractivity contribution in [3.63, 3.8) is 0 Å². The van der Waals surface area contributed by atoms with Gasteiger partial charge in [-0.2, -0.15) is 5.10 Å². The van der Waals surface area contributed by atoms with Crippen molar-refractivity contribution in [2.45, 2.75) is 0 Å². The molecule has 0 aliphatic heterocycles. The van der Waals surface area contributed by atoms with Crippen LogP contribution in [0.4, 0.5) is 0 Å². The molecule has 2 heterocycles. The molecule has 0 bridgehead atoms. The van der Waals surface area contributed by atoms with Crippen LogP contribution in [0.15, 0.2) is 41.0 Å². The molecule has 4 heteroatoms. The summed E-state index contributed by atoms with van der Waals surface area (Å²) in [5, 5.41) is 8.07. The van der Waals surface area contributed by atoms with Crippen LogP contribution in [0.3, 0.4) is 0 Å². The molecule has 1 aromatic carbocycles. The highest BCUT2D eigenvalue weighted by Gasteiger charge is 2.03. The van der Waals surface area contributed by atoms with Gasteiger partial charge in [-0.1, -0.05) is 22.0 Å². The number of nitrogens with zero attached hydrogens (tertiary/aromatic N) is 1. The van der Waals surface area contributed by atoms with Crippen molar-refractivity contribution in [1.82, 2.24) is 15.2 Å². The van der Waals surface area contributed by atoms with Gasteiger partial charge in [-0.05, 0) is 24.3 Å². The lowest BCUT2D eigenvalue weighted by molar-refractivity contribution is 1.09. The molecule has 0 aliphatic carbocycles. The Labute approximate surface area is 94.6 Å². The molecule has 3 aromatic rings. The summed E-state index contributed by atoms with van der Waals surface area (Å²) in [5.41, 5.74) is 3.18. The number of fused-ring (bicyclic) bond motifs is 1. The first-order valence-corrected chi connectivity index (χ1v) is 5.40. The topological polar surface area (TPSA) is 44.5 Å². The quantitative estimate of drug-likeness (QED) is 0.694. The van der Waals surface area contributed by atoms with E-state index in [9.17, 15) is 0 Å². The Morgan fingerprint density at radius 2 is 2.00 bits per heavy atom. The van der Waals surface area contributed by atoms with Gasteiger partial charge >= 0.3 is 0 Å². The molecule has 15 heavy (non-hydrogen) atoms. The van der Waals surface area contributed by atoms with E-state index in [4.69, 9.17) is 0 Å². The Kier molecular flexibility index (Phi) is 1.89. The van der Waals surface area contributed by atoms with Crippen LogP contribution in [0.5, 0.6) is 0 Å². The minimum absolute atomic E-state index is 1.00. The number of rotatable bonds is 1. The van der Waals surface area contributed by atoms with Crippen LogP contribution in [0.2, 0.25) is 0 Å². The highest BCUT2D eigenvalue weighted by Crippen LogP contribution is 2.24. The molecule has 2 aromatic heterocycles. The third-order valence-corrected chi connectivity index (χ3v) is 2.87. The zero-order valence-corrected chi connectivity index (χ0v) is 9.38. The molecule has 0 fully saturated rings. The molecular formula is C11H8BrN3. The summed E-state index contributed by atoms with van der Waals surface area (Å²) in [7, 11) is 0. The average molecular weight is 262 g/mol. The smallest absolute Gasteiger partial charge is 0.0812 e.